The fraction of sp³-hybridized carbons (Fsp3) is 0.931. The number of hydrogen-bond acceptors (Lipinski definition) is 2. The lowest BCUT2D eigenvalue weighted by molar-refractivity contribution is -0.896. The zero-order chi connectivity index (χ0) is 24.8. The maximum atomic E-state index is 11.6. The van der Waals surface area contributed by atoms with Crippen LogP contribution in [0.5, 0.6) is 0 Å². The SMILES string of the molecule is CCCCCCCCCCC/C=C\CCCCCCCCCC(C(CC)[P+](=O)[O-])[N+](C)(C)C. The fourth-order valence-corrected chi connectivity index (χ4v) is 6.09. The van der Waals surface area contributed by atoms with Gasteiger partial charge in [0.05, 0.1) is 21.1 Å². The van der Waals surface area contributed by atoms with Crippen LogP contribution >= 0.6 is 8.03 Å². The highest BCUT2D eigenvalue weighted by Crippen LogP contribution is 2.31. The van der Waals surface area contributed by atoms with Crippen LogP contribution in [0.3, 0.4) is 0 Å². The molecule has 0 rings (SSSR count). The summed E-state index contributed by atoms with van der Waals surface area (Å²) in [5.74, 6) is 0. The second-order valence-corrected chi connectivity index (χ2v) is 12.3. The van der Waals surface area contributed by atoms with Crippen molar-refractivity contribution >= 4 is 8.03 Å². The lowest BCUT2D eigenvalue weighted by Crippen LogP contribution is -2.51. The second kappa shape index (κ2) is 22.2. The van der Waals surface area contributed by atoms with Crippen molar-refractivity contribution in [3.05, 3.63) is 12.2 Å². The molecule has 4 heteroatoms. The third kappa shape index (κ3) is 19.7. The maximum Gasteiger partial charge on any atom is 0.318 e. The smallest absolute Gasteiger partial charge is 0.318 e. The quantitative estimate of drug-likeness (QED) is 0.0593. The van der Waals surface area contributed by atoms with Gasteiger partial charge in [0.1, 0.15) is 6.04 Å². The molecule has 0 spiro atoms. The molecule has 0 aromatic carbocycles. The van der Waals surface area contributed by atoms with Crippen LogP contribution in [0.2, 0.25) is 0 Å². The molecule has 0 aliphatic heterocycles. The zero-order valence-electron chi connectivity index (χ0n) is 23.2. The zero-order valence-corrected chi connectivity index (χ0v) is 24.1. The van der Waals surface area contributed by atoms with Gasteiger partial charge in [0, 0.05) is 6.42 Å². The summed E-state index contributed by atoms with van der Waals surface area (Å²) < 4.78 is 12.4. The number of nitrogens with zero attached hydrogens (tertiary/aromatic N) is 1. The van der Waals surface area contributed by atoms with Gasteiger partial charge in [-0.15, -0.1) is 0 Å². The fourth-order valence-electron chi connectivity index (χ4n) is 4.97. The van der Waals surface area contributed by atoms with Crippen molar-refractivity contribution in [3.8, 4) is 0 Å². The largest absolute Gasteiger partial charge is 0.595 e. The standard InChI is InChI=1S/C29H59NO2P/c1-6-8-9-10-11-12-13-14-15-16-17-18-19-20-21-22-23-24-25-26-27-28(30(3,4)5)29(7-2)33(31)32/h17-18,28-29H,6-16,19-27H2,1-5H3/q+1/b18-17-. The Morgan fingerprint density at radius 1 is 0.667 bits per heavy atom. The Morgan fingerprint density at radius 2 is 1.06 bits per heavy atom. The minimum Gasteiger partial charge on any atom is -0.595 e. The molecule has 0 bridgehead atoms. The van der Waals surface area contributed by atoms with Gasteiger partial charge in [-0.25, -0.2) is 0 Å². The Labute approximate surface area is 209 Å². The third-order valence-corrected chi connectivity index (χ3v) is 8.39. The molecule has 0 aliphatic carbocycles. The van der Waals surface area contributed by atoms with Crippen molar-refractivity contribution < 1.29 is 13.9 Å². The van der Waals surface area contributed by atoms with Gasteiger partial charge in [-0.2, -0.15) is 0 Å². The van der Waals surface area contributed by atoms with E-state index < -0.39 is 8.03 Å². The number of hydrogen-bond donors (Lipinski definition) is 0. The van der Waals surface area contributed by atoms with Crippen molar-refractivity contribution in [2.24, 2.45) is 0 Å². The molecule has 0 radical (unpaired) electrons. The first-order valence-electron chi connectivity index (χ1n) is 14.4. The minimum absolute atomic E-state index is 0.187. The average molecular weight is 485 g/mol. The van der Waals surface area contributed by atoms with E-state index in [2.05, 4.69) is 40.2 Å². The van der Waals surface area contributed by atoms with Gasteiger partial charge in [0.15, 0.2) is 0 Å². The summed E-state index contributed by atoms with van der Waals surface area (Å²) in [7, 11) is 4.07. The molecule has 33 heavy (non-hydrogen) atoms. The lowest BCUT2D eigenvalue weighted by atomic mass is 9.99. The number of quaternary nitrogens is 1. The predicted octanol–water partition coefficient (Wildman–Crippen LogP) is 8.93. The van der Waals surface area contributed by atoms with Crippen molar-refractivity contribution in [1.29, 1.82) is 0 Å². The maximum absolute atomic E-state index is 11.6. The number of unbranched alkanes of at least 4 members (excludes halogenated alkanes) is 16. The first-order valence-corrected chi connectivity index (χ1v) is 15.7. The van der Waals surface area contributed by atoms with Crippen LogP contribution < -0.4 is 4.89 Å². The van der Waals surface area contributed by atoms with Crippen LogP contribution in [0.25, 0.3) is 0 Å². The highest BCUT2D eigenvalue weighted by molar-refractivity contribution is 7.37. The van der Waals surface area contributed by atoms with E-state index in [1.807, 2.05) is 6.92 Å². The molecule has 0 N–H and O–H groups in total. The Hall–Kier alpha value is -0.240. The van der Waals surface area contributed by atoms with Gasteiger partial charge in [-0.1, -0.05) is 114 Å². The van der Waals surface area contributed by atoms with Gasteiger partial charge >= 0.3 is 8.03 Å². The normalized spacial score (nSPS) is 14.7. The molecule has 0 saturated carbocycles. The third-order valence-electron chi connectivity index (χ3n) is 7.14. The summed E-state index contributed by atoms with van der Waals surface area (Å²) in [6.07, 6.45) is 30.8. The van der Waals surface area contributed by atoms with E-state index in [-0.39, 0.29) is 11.7 Å². The molecular formula is C29H59NO2P+. The average Bonchev–Trinajstić information content (AvgIpc) is 2.76. The van der Waals surface area contributed by atoms with Crippen molar-refractivity contribution in [2.75, 3.05) is 21.1 Å². The lowest BCUT2D eigenvalue weighted by Gasteiger charge is -2.35. The van der Waals surface area contributed by atoms with Crippen LogP contribution in [0.15, 0.2) is 12.2 Å². The summed E-state index contributed by atoms with van der Waals surface area (Å²) in [5, 5.41) is 0. The van der Waals surface area contributed by atoms with Crippen LogP contribution in [-0.4, -0.2) is 37.3 Å². The molecule has 0 fully saturated rings. The van der Waals surface area contributed by atoms with E-state index in [1.54, 1.807) is 0 Å². The van der Waals surface area contributed by atoms with Crippen molar-refractivity contribution in [1.82, 2.24) is 0 Å². The second-order valence-electron chi connectivity index (χ2n) is 11.1. The van der Waals surface area contributed by atoms with Crippen LogP contribution in [-0.2, 0) is 4.57 Å². The van der Waals surface area contributed by atoms with Gasteiger partial charge in [0.2, 0.25) is 5.66 Å². The van der Waals surface area contributed by atoms with Crippen LogP contribution in [0, 0.1) is 0 Å². The van der Waals surface area contributed by atoms with E-state index in [9.17, 15) is 9.46 Å². The molecule has 3 nitrogen and oxygen atoms in total. The minimum atomic E-state index is -2.34. The molecule has 196 valence electrons. The highest BCUT2D eigenvalue weighted by atomic mass is 31.1. The molecule has 0 saturated heterocycles. The summed E-state index contributed by atoms with van der Waals surface area (Å²) in [4.78, 5) is 11.6. The predicted molar refractivity (Wildman–Crippen MR) is 146 cm³/mol. The monoisotopic (exact) mass is 484 g/mol. The summed E-state index contributed by atoms with van der Waals surface area (Å²) in [5.41, 5.74) is -0.187. The Balaban J connectivity index is 3.55. The number of rotatable bonds is 24. The molecule has 3 atom stereocenters. The van der Waals surface area contributed by atoms with Gasteiger partial charge in [-0.3, -0.25) is 0 Å². The van der Waals surface area contributed by atoms with Crippen molar-refractivity contribution in [3.63, 3.8) is 0 Å². The Kier molecular flexibility index (Phi) is 22.1. The topological polar surface area (TPSA) is 40.1 Å². The molecule has 0 aliphatic rings. The highest BCUT2D eigenvalue weighted by Gasteiger charge is 2.39. The Bertz CT molecular complexity index is 473. The summed E-state index contributed by atoms with van der Waals surface area (Å²) >= 11 is 0. The molecule has 0 heterocycles. The molecular weight excluding hydrogens is 425 g/mol. The van der Waals surface area contributed by atoms with E-state index in [0.29, 0.717) is 0 Å². The van der Waals surface area contributed by atoms with Gasteiger partial charge < -0.3 is 9.38 Å². The molecule has 0 amide bonds. The van der Waals surface area contributed by atoms with Crippen LogP contribution in [0.1, 0.15) is 142 Å². The van der Waals surface area contributed by atoms with Gasteiger partial charge in [-0.05, 0) is 38.5 Å². The first-order chi connectivity index (χ1) is 15.8. The Morgan fingerprint density at radius 3 is 1.42 bits per heavy atom. The molecule has 3 unspecified atom stereocenters. The summed E-state index contributed by atoms with van der Waals surface area (Å²) in [6.45, 7) is 4.29. The van der Waals surface area contributed by atoms with E-state index in [0.717, 1.165) is 23.7 Å². The molecule has 0 aromatic rings. The number of allylic oxidation sites excluding steroid dienone is 2. The van der Waals surface area contributed by atoms with E-state index in [4.69, 9.17) is 0 Å². The summed E-state index contributed by atoms with van der Waals surface area (Å²) in [6, 6.07) is 0.221. The first kappa shape index (κ1) is 32.8. The van der Waals surface area contributed by atoms with E-state index >= 15 is 0 Å². The van der Waals surface area contributed by atoms with E-state index in [1.165, 1.54) is 109 Å². The van der Waals surface area contributed by atoms with Gasteiger partial charge in [0.25, 0.3) is 0 Å². The van der Waals surface area contributed by atoms with Crippen molar-refractivity contribution in [2.45, 2.75) is 154 Å². The molecule has 0 aromatic heterocycles. The van der Waals surface area contributed by atoms with Crippen LogP contribution in [0.4, 0.5) is 0 Å².